The zero-order valence-electron chi connectivity index (χ0n) is 9.48. The van der Waals surface area contributed by atoms with Gasteiger partial charge in [-0.3, -0.25) is 10.4 Å². The molecule has 86 valence electrons. The zero-order valence-corrected chi connectivity index (χ0v) is 9.48. The summed E-state index contributed by atoms with van der Waals surface area (Å²) in [6, 6.07) is 1.80. The van der Waals surface area contributed by atoms with Crippen LogP contribution < -0.4 is 10.6 Å². The number of anilines is 1. The fraction of sp³-hybridized carbons (Fsp3) is 0.455. The van der Waals surface area contributed by atoms with Crippen LogP contribution in [-0.4, -0.2) is 48.9 Å². The van der Waals surface area contributed by atoms with E-state index in [-0.39, 0.29) is 5.84 Å². The molecular weight excluding hydrogens is 202 g/mol. The lowest BCUT2D eigenvalue weighted by Crippen LogP contribution is -2.45. The molecule has 0 atom stereocenters. The van der Waals surface area contributed by atoms with Crippen LogP contribution in [0.15, 0.2) is 18.5 Å². The predicted octanol–water partition coefficient (Wildman–Crippen LogP) is 0.117. The van der Waals surface area contributed by atoms with Gasteiger partial charge in [0.25, 0.3) is 0 Å². The summed E-state index contributed by atoms with van der Waals surface area (Å²) in [5, 5.41) is 7.55. The molecule has 0 amide bonds. The van der Waals surface area contributed by atoms with Crippen molar-refractivity contribution in [3.8, 4) is 0 Å². The van der Waals surface area contributed by atoms with Crippen LogP contribution in [0.25, 0.3) is 0 Å². The van der Waals surface area contributed by atoms with Crippen LogP contribution in [-0.2, 0) is 0 Å². The highest BCUT2D eigenvalue weighted by atomic mass is 15.2. The van der Waals surface area contributed by atoms with Crippen molar-refractivity contribution in [1.29, 1.82) is 5.41 Å². The average molecular weight is 219 g/mol. The summed E-state index contributed by atoms with van der Waals surface area (Å²) in [4.78, 5) is 8.65. The lowest BCUT2D eigenvalue weighted by Gasteiger charge is -2.34. The maximum absolute atomic E-state index is 7.55. The second-order valence-corrected chi connectivity index (χ2v) is 4.10. The standard InChI is InChI=1S/C11H17N5/c1-15-4-6-16(7-5-15)10-8-14-3-2-9(10)11(12)13/h2-3,8H,4-7H2,1H3,(H3,12,13). The number of nitrogen functional groups attached to an aromatic ring is 1. The highest BCUT2D eigenvalue weighted by molar-refractivity contribution is 6.00. The van der Waals surface area contributed by atoms with Gasteiger partial charge in [-0.15, -0.1) is 0 Å². The Morgan fingerprint density at radius 1 is 1.38 bits per heavy atom. The molecule has 1 aromatic heterocycles. The second-order valence-electron chi connectivity index (χ2n) is 4.10. The molecule has 1 aliphatic rings. The van der Waals surface area contributed by atoms with Crippen molar-refractivity contribution in [2.75, 3.05) is 38.1 Å². The lowest BCUT2D eigenvalue weighted by atomic mass is 10.1. The molecule has 0 aliphatic carbocycles. The zero-order chi connectivity index (χ0) is 11.5. The van der Waals surface area contributed by atoms with Crippen LogP contribution in [0.1, 0.15) is 5.56 Å². The first-order valence-corrected chi connectivity index (χ1v) is 5.40. The van der Waals surface area contributed by atoms with E-state index in [2.05, 4.69) is 21.8 Å². The minimum Gasteiger partial charge on any atom is -0.384 e. The number of hydrogen-bond donors (Lipinski definition) is 2. The van der Waals surface area contributed by atoms with E-state index in [0.717, 1.165) is 37.4 Å². The van der Waals surface area contributed by atoms with E-state index < -0.39 is 0 Å². The minimum atomic E-state index is 0.108. The maximum atomic E-state index is 7.55. The minimum absolute atomic E-state index is 0.108. The fourth-order valence-corrected chi connectivity index (χ4v) is 1.91. The Labute approximate surface area is 95.4 Å². The predicted molar refractivity (Wildman–Crippen MR) is 65.0 cm³/mol. The van der Waals surface area contributed by atoms with Gasteiger partial charge in [0, 0.05) is 37.9 Å². The van der Waals surface area contributed by atoms with Gasteiger partial charge in [-0.1, -0.05) is 0 Å². The van der Waals surface area contributed by atoms with Gasteiger partial charge in [0.05, 0.1) is 11.9 Å². The molecule has 1 aliphatic heterocycles. The molecule has 2 rings (SSSR count). The van der Waals surface area contributed by atoms with Gasteiger partial charge in [-0.25, -0.2) is 0 Å². The number of nitrogens with one attached hydrogen (secondary N) is 1. The summed E-state index contributed by atoms with van der Waals surface area (Å²) in [5.74, 6) is 0.108. The molecule has 0 bridgehead atoms. The number of rotatable bonds is 2. The molecule has 0 aromatic carbocycles. The van der Waals surface area contributed by atoms with Gasteiger partial charge in [-0.05, 0) is 13.1 Å². The first-order chi connectivity index (χ1) is 7.68. The van der Waals surface area contributed by atoms with E-state index in [4.69, 9.17) is 11.1 Å². The molecule has 1 aromatic rings. The summed E-state index contributed by atoms with van der Waals surface area (Å²) < 4.78 is 0. The number of nitrogens with zero attached hydrogens (tertiary/aromatic N) is 3. The lowest BCUT2D eigenvalue weighted by molar-refractivity contribution is 0.312. The summed E-state index contributed by atoms with van der Waals surface area (Å²) in [7, 11) is 2.12. The number of piperazine rings is 1. The number of likely N-dealkylation sites (N-methyl/N-ethyl adjacent to an activating group) is 1. The first-order valence-electron chi connectivity index (χ1n) is 5.40. The molecule has 0 spiro atoms. The van der Waals surface area contributed by atoms with Gasteiger partial charge < -0.3 is 15.5 Å². The van der Waals surface area contributed by atoms with E-state index in [0.29, 0.717) is 0 Å². The van der Waals surface area contributed by atoms with E-state index >= 15 is 0 Å². The maximum Gasteiger partial charge on any atom is 0.125 e. The number of nitrogens with two attached hydrogens (primary N) is 1. The van der Waals surface area contributed by atoms with Crippen LogP contribution in [0, 0.1) is 5.41 Å². The fourth-order valence-electron chi connectivity index (χ4n) is 1.91. The largest absolute Gasteiger partial charge is 0.384 e. The highest BCUT2D eigenvalue weighted by Crippen LogP contribution is 2.19. The van der Waals surface area contributed by atoms with Gasteiger partial charge >= 0.3 is 0 Å². The van der Waals surface area contributed by atoms with Gasteiger partial charge in [-0.2, -0.15) is 0 Å². The van der Waals surface area contributed by atoms with Crippen LogP contribution >= 0.6 is 0 Å². The molecule has 3 N–H and O–H groups in total. The Balaban J connectivity index is 2.23. The Morgan fingerprint density at radius 2 is 2.06 bits per heavy atom. The highest BCUT2D eigenvalue weighted by Gasteiger charge is 2.17. The summed E-state index contributed by atoms with van der Waals surface area (Å²) >= 11 is 0. The average Bonchev–Trinajstić information content (AvgIpc) is 2.30. The Hall–Kier alpha value is -1.62. The summed E-state index contributed by atoms with van der Waals surface area (Å²) in [6.07, 6.45) is 3.47. The molecule has 1 saturated heterocycles. The normalized spacial score (nSPS) is 17.4. The molecule has 5 nitrogen and oxygen atoms in total. The summed E-state index contributed by atoms with van der Waals surface area (Å²) in [5.41, 5.74) is 7.32. The van der Waals surface area contributed by atoms with Gasteiger partial charge in [0.1, 0.15) is 5.84 Å². The molecule has 0 radical (unpaired) electrons. The Kier molecular flexibility index (Phi) is 3.05. The van der Waals surface area contributed by atoms with Crippen LogP contribution in [0.3, 0.4) is 0 Å². The number of aromatic nitrogens is 1. The van der Waals surface area contributed by atoms with Crippen molar-refractivity contribution in [1.82, 2.24) is 9.88 Å². The molecule has 0 unspecified atom stereocenters. The molecule has 0 saturated carbocycles. The quantitative estimate of drug-likeness (QED) is 0.547. The Morgan fingerprint density at radius 3 is 2.69 bits per heavy atom. The van der Waals surface area contributed by atoms with Gasteiger partial charge in [0.15, 0.2) is 0 Å². The number of pyridine rings is 1. The Bertz CT molecular complexity index is 382. The molecule has 5 heteroatoms. The molecule has 1 fully saturated rings. The SMILES string of the molecule is CN1CCN(c2cnccc2C(=N)N)CC1. The van der Waals surface area contributed by atoms with Crippen LogP contribution in [0.2, 0.25) is 0 Å². The number of hydrogen-bond acceptors (Lipinski definition) is 4. The van der Waals surface area contributed by atoms with Crippen molar-refractivity contribution in [2.24, 2.45) is 5.73 Å². The van der Waals surface area contributed by atoms with E-state index in [9.17, 15) is 0 Å². The van der Waals surface area contributed by atoms with Crippen molar-refractivity contribution >= 4 is 11.5 Å². The van der Waals surface area contributed by atoms with E-state index in [1.54, 1.807) is 18.5 Å². The van der Waals surface area contributed by atoms with E-state index in [1.165, 1.54) is 0 Å². The summed E-state index contributed by atoms with van der Waals surface area (Å²) in [6.45, 7) is 3.99. The molecular formula is C11H17N5. The van der Waals surface area contributed by atoms with Gasteiger partial charge in [0.2, 0.25) is 0 Å². The van der Waals surface area contributed by atoms with Crippen molar-refractivity contribution in [2.45, 2.75) is 0 Å². The number of amidine groups is 1. The third-order valence-corrected chi connectivity index (χ3v) is 2.93. The topological polar surface area (TPSA) is 69.2 Å². The van der Waals surface area contributed by atoms with Crippen LogP contribution in [0.4, 0.5) is 5.69 Å². The first kappa shape index (κ1) is 10.9. The second kappa shape index (κ2) is 4.49. The monoisotopic (exact) mass is 219 g/mol. The molecule has 16 heavy (non-hydrogen) atoms. The smallest absolute Gasteiger partial charge is 0.125 e. The third kappa shape index (κ3) is 2.14. The third-order valence-electron chi connectivity index (χ3n) is 2.93. The van der Waals surface area contributed by atoms with Crippen molar-refractivity contribution in [3.05, 3.63) is 24.0 Å². The van der Waals surface area contributed by atoms with E-state index in [1.807, 2.05) is 0 Å². The van der Waals surface area contributed by atoms with Crippen molar-refractivity contribution < 1.29 is 0 Å². The van der Waals surface area contributed by atoms with Crippen LogP contribution in [0.5, 0.6) is 0 Å². The van der Waals surface area contributed by atoms with Crippen molar-refractivity contribution in [3.63, 3.8) is 0 Å². The molecule has 2 heterocycles.